The summed E-state index contributed by atoms with van der Waals surface area (Å²) < 4.78 is 0. The maximum absolute atomic E-state index is 12.8. The van der Waals surface area contributed by atoms with Gasteiger partial charge in [0.05, 0.1) is 6.54 Å². The second kappa shape index (κ2) is 8.16. The molecule has 6 nitrogen and oxygen atoms in total. The van der Waals surface area contributed by atoms with E-state index in [1.165, 1.54) is 0 Å². The molecule has 1 aromatic rings. The van der Waals surface area contributed by atoms with Gasteiger partial charge in [0.25, 0.3) is 0 Å². The van der Waals surface area contributed by atoms with Gasteiger partial charge in [0.1, 0.15) is 0 Å². The van der Waals surface area contributed by atoms with Crippen LogP contribution in [0.4, 0.5) is 0 Å². The fourth-order valence-corrected chi connectivity index (χ4v) is 4.33. The molecule has 2 amide bonds. The highest BCUT2D eigenvalue weighted by Gasteiger charge is 2.42. The molecular formula is C20H30N4O2. The van der Waals surface area contributed by atoms with Crippen molar-refractivity contribution in [3.05, 3.63) is 30.1 Å². The monoisotopic (exact) mass is 358 g/mol. The second-order valence-electron chi connectivity index (χ2n) is 7.85. The quantitative estimate of drug-likeness (QED) is 0.805. The van der Waals surface area contributed by atoms with Crippen LogP contribution >= 0.6 is 0 Å². The normalized spacial score (nSPS) is 23.7. The zero-order chi connectivity index (χ0) is 18.6. The second-order valence-corrected chi connectivity index (χ2v) is 7.85. The van der Waals surface area contributed by atoms with E-state index in [9.17, 15) is 9.59 Å². The highest BCUT2D eigenvalue weighted by Crippen LogP contribution is 2.38. The van der Waals surface area contributed by atoms with E-state index in [1.807, 2.05) is 35.9 Å². The molecule has 0 aliphatic carbocycles. The largest absolute Gasteiger partial charge is 0.342 e. The van der Waals surface area contributed by atoms with Crippen LogP contribution in [-0.4, -0.2) is 71.3 Å². The maximum atomic E-state index is 12.8. The van der Waals surface area contributed by atoms with E-state index in [-0.39, 0.29) is 17.2 Å². The van der Waals surface area contributed by atoms with Gasteiger partial charge in [0, 0.05) is 57.0 Å². The van der Waals surface area contributed by atoms with Crippen molar-refractivity contribution in [1.82, 2.24) is 19.7 Å². The molecule has 0 radical (unpaired) electrons. The molecule has 0 aromatic carbocycles. The van der Waals surface area contributed by atoms with Gasteiger partial charge < -0.3 is 9.80 Å². The van der Waals surface area contributed by atoms with Crippen LogP contribution in [0, 0.1) is 5.41 Å². The number of hydrogen-bond acceptors (Lipinski definition) is 4. The summed E-state index contributed by atoms with van der Waals surface area (Å²) in [5, 5.41) is 0. The predicted octanol–water partition coefficient (Wildman–Crippen LogP) is 1.76. The minimum absolute atomic E-state index is 0.0987. The summed E-state index contributed by atoms with van der Waals surface area (Å²) in [4.78, 5) is 34.9. The highest BCUT2D eigenvalue weighted by molar-refractivity contribution is 5.79. The Labute approximate surface area is 156 Å². The SMILES string of the molecule is CCN1CC2(CCCN(C(=O)CN(C)Cc3ccncc3)C2)CCC1=O. The lowest BCUT2D eigenvalue weighted by atomic mass is 9.73. The summed E-state index contributed by atoms with van der Waals surface area (Å²) in [5.41, 5.74) is 1.26. The van der Waals surface area contributed by atoms with E-state index in [0.29, 0.717) is 13.0 Å². The number of rotatable bonds is 5. The summed E-state index contributed by atoms with van der Waals surface area (Å²) in [6.07, 6.45) is 7.25. The first-order chi connectivity index (χ1) is 12.5. The molecular weight excluding hydrogens is 328 g/mol. The van der Waals surface area contributed by atoms with E-state index in [0.717, 1.165) is 57.5 Å². The predicted molar refractivity (Wildman–Crippen MR) is 100 cm³/mol. The van der Waals surface area contributed by atoms with Crippen LogP contribution in [0.5, 0.6) is 0 Å². The van der Waals surface area contributed by atoms with Crippen LogP contribution in [0.2, 0.25) is 0 Å². The van der Waals surface area contributed by atoms with Crippen molar-refractivity contribution in [2.45, 2.75) is 39.2 Å². The lowest BCUT2D eigenvalue weighted by Crippen LogP contribution is -2.55. The molecule has 6 heteroatoms. The van der Waals surface area contributed by atoms with Gasteiger partial charge >= 0.3 is 0 Å². The van der Waals surface area contributed by atoms with E-state index in [2.05, 4.69) is 9.88 Å². The van der Waals surface area contributed by atoms with E-state index in [4.69, 9.17) is 0 Å². The Morgan fingerprint density at radius 1 is 1.27 bits per heavy atom. The molecule has 0 bridgehead atoms. The average Bonchev–Trinajstić information content (AvgIpc) is 2.65. The molecule has 0 saturated carbocycles. The Bertz CT molecular complexity index is 636. The van der Waals surface area contributed by atoms with Crippen molar-refractivity contribution in [3.63, 3.8) is 0 Å². The lowest BCUT2D eigenvalue weighted by Gasteiger charge is -2.48. The van der Waals surface area contributed by atoms with Crippen LogP contribution < -0.4 is 0 Å². The fourth-order valence-electron chi connectivity index (χ4n) is 4.33. The molecule has 1 unspecified atom stereocenters. The number of amides is 2. The smallest absolute Gasteiger partial charge is 0.236 e. The Morgan fingerprint density at radius 3 is 2.77 bits per heavy atom. The number of carbonyl (C=O) groups is 2. The Hall–Kier alpha value is -1.95. The van der Waals surface area contributed by atoms with Crippen LogP contribution in [0.15, 0.2) is 24.5 Å². The zero-order valence-corrected chi connectivity index (χ0v) is 16.0. The maximum Gasteiger partial charge on any atom is 0.236 e. The topological polar surface area (TPSA) is 56.8 Å². The van der Waals surface area contributed by atoms with Gasteiger partial charge in [-0.25, -0.2) is 0 Å². The third-order valence-electron chi connectivity index (χ3n) is 5.75. The van der Waals surface area contributed by atoms with Gasteiger partial charge in [-0.2, -0.15) is 0 Å². The first-order valence-corrected chi connectivity index (χ1v) is 9.64. The molecule has 2 saturated heterocycles. The number of piperidine rings is 2. The Balaban J connectivity index is 1.57. The van der Waals surface area contributed by atoms with Crippen molar-refractivity contribution in [2.75, 3.05) is 39.8 Å². The summed E-state index contributed by atoms with van der Waals surface area (Å²) in [7, 11) is 1.98. The van der Waals surface area contributed by atoms with Crippen molar-refractivity contribution >= 4 is 11.8 Å². The van der Waals surface area contributed by atoms with Gasteiger partial charge in [-0.1, -0.05) is 0 Å². The van der Waals surface area contributed by atoms with Gasteiger partial charge in [-0.05, 0) is 50.9 Å². The highest BCUT2D eigenvalue weighted by atomic mass is 16.2. The summed E-state index contributed by atoms with van der Waals surface area (Å²) in [5.74, 6) is 0.458. The van der Waals surface area contributed by atoms with Crippen LogP contribution in [0.1, 0.15) is 38.2 Å². The van der Waals surface area contributed by atoms with Crippen molar-refractivity contribution in [2.24, 2.45) is 5.41 Å². The summed E-state index contributed by atoms with van der Waals surface area (Å²) in [6, 6.07) is 3.96. The zero-order valence-electron chi connectivity index (χ0n) is 16.0. The number of aromatic nitrogens is 1. The molecule has 2 aliphatic heterocycles. The molecule has 142 valence electrons. The van der Waals surface area contributed by atoms with Gasteiger partial charge in [-0.3, -0.25) is 19.5 Å². The molecule has 2 aliphatic rings. The number of likely N-dealkylation sites (tertiary alicyclic amines) is 2. The minimum Gasteiger partial charge on any atom is -0.342 e. The van der Waals surface area contributed by atoms with Crippen LogP contribution in [0.25, 0.3) is 0 Å². The molecule has 3 heterocycles. The van der Waals surface area contributed by atoms with Gasteiger partial charge in [0.15, 0.2) is 0 Å². The molecule has 3 rings (SSSR count). The molecule has 0 N–H and O–H groups in total. The van der Waals surface area contributed by atoms with E-state index < -0.39 is 0 Å². The number of hydrogen-bond donors (Lipinski definition) is 0. The summed E-state index contributed by atoms with van der Waals surface area (Å²) >= 11 is 0. The number of carbonyl (C=O) groups excluding carboxylic acids is 2. The molecule has 2 fully saturated rings. The fraction of sp³-hybridized carbons (Fsp3) is 0.650. The Kier molecular flexibility index (Phi) is 5.91. The van der Waals surface area contributed by atoms with Crippen molar-refractivity contribution < 1.29 is 9.59 Å². The van der Waals surface area contributed by atoms with Gasteiger partial charge in [0.2, 0.25) is 11.8 Å². The average molecular weight is 358 g/mol. The Morgan fingerprint density at radius 2 is 2.04 bits per heavy atom. The van der Waals surface area contributed by atoms with Crippen LogP contribution in [-0.2, 0) is 16.1 Å². The number of likely N-dealkylation sites (N-methyl/N-ethyl adjacent to an activating group) is 1. The van der Waals surface area contributed by atoms with Crippen molar-refractivity contribution in [3.8, 4) is 0 Å². The molecule has 1 spiro atoms. The first kappa shape index (κ1) is 18.8. The minimum atomic E-state index is 0.0987. The summed E-state index contributed by atoms with van der Waals surface area (Å²) in [6.45, 7) is 6.40. The number of nitrogens with zero attached hydrogens (tertiary/aromatic N) is 4. The van der Waals surface area contributed by atoms with Crippen LogP contribution in [0.3, 0.4) is 0 Å². The number of pyridine rings is 1. The first-order valence-electron chi connectivity index (χ1n) is 9.64. The third kappa shape index (κ3) is 4.41. The molecule has 1 atom stereocenters. The standard InChI is InChI=1S/C20H30N4O2/c1-3-23-15-20(9-5-18(23)25)8-4-12-24(16-20)19(26)14-22(2)13-17-6-10-21-11-7-17/h6-7,10-11H,3-5,8-9,12-16H2,1-2H3. The van der Waals surface area contributed by atoms with Crippen molar-refractivity contribution in [1.29, 1.82) is 0 Å². The molecule has 1 aromatic heterocycles. The molecule has 26 heavy (non-hydrogen) atoms. The third-order valence-corrected chi connectivity index (χ3v) is 5.75. The van der Waals surface area contributed by atoms with Gasteiger partial charge in [-0.15, -0.1) is 0 Å². The van der Waals surface area contributed by atoms with E-state index in [1.54, 1.807) is 12.4 Å². The lowest BCUT2D eigenvalue weighted by molar-refractivity contribution is -0.143. The van der Waals surface area contributed by atoms with E-state index >= 15 is 0 Å².